The topological polar surface area (TPSA) is 0 Å². The zero-order valence-corrected chi connectivity index (χ0v) is 10.1. The molecule has 0 spiro atoms. The van der Waals surface area contributed by atoms with Crippen LogP contribution < -0.4 is 4.50 Å². The van der Waals surface area contributed by atoms with Crippen molar-refractivity contribution in [3.63, 3.8) is 0 Å². The van der Waals surface area contributed by atoms with Crippen LogP contribution in [0.25, 0.3) is 0 Å². The average Bonchev–Trinajstić information content (AvgIpc) is 2.32. The molecule has 0 unspecified atom stereocenters. The Bertz CT molecular complexity index is 234. The van der Waals surface area contributed by atoms with Crippen LogP contribution in [0.2, 0.25) is 19.6 Å². The van der Waals surface area contributed by atoms with Crippen LogP contribution in [0.4, 0.5) is 0 Å². The average molecular weight is 202 g/mol. The first-order valence-corrected chi connectivity index (χ1v) is 9.22. The molecule has 1 heterocycles. The first-order valence-electron chi connectivity index (χ1n) is 3.68. The van der Waals surface area contributed by atoms with Gasteiger partial charge in [-0.15, -0.1) is 23.1 Å². The lowest BCUT2D eigenvalue weighted by molar-refractivity contribution is 1.74. The molecule has 1 aromatic heterocycles. The van der Waals surface area contributed by atoms with Crippen molar-refractivity contribution in [3.05, 3.63) is 12.1 Å². The number of thiophene rings is 1. The summed E-state index contributed by atoms with van der Waals surface area (Å²) in [5, 5.41) is 0. The molecule has 0 aliphatic rings. The second kappa shape index (κ2) is 3.33. The van der Waals surface area contributed by atoms with Gasteiger partial charge in [0.25, 0.3) is 0 Å². The highest BCUT2D eigenvalue weighted by molar-refractivity contribution is 8.00. The van der Waals surface area contributed by atoms with Gasteiger partial charge < -0.3 is 0 Å². The van der Waals surface area contributed by atoms with Crippen LogP contribution in [-0.2, 0) is 0 Å². The van der Waals surface area contributed by atoms with E-state index in [1.165, 1.54) is 4.21 Å². The molecule has 0 bridgehead atoms. The van der Waals surface area contributed by atoms with Gasteiger partial charge in [-0.05, 0) is 16.8 Å². The lowest BCUT2D eigenvalue weighted by Crippen LogP contribution is -2.34. The first-order chi connectivity index (χ1) is 5.04. The van der Waals surface area contributed by atoms with Crippen molar-refractivity contribution < 1.29 is 0 Å². The maximum Gasteiger partial charge on any atom is 0.0904 e. The predicted octanol–water partition coefficient (Wildman–Crippen LogP) is 3.02. The summed E-state index contributed by atoms with van der Waals surface area (Å²) < 4.78 is 3.06. The molecule has 0 radical (unpaired) electrons. The highest BCUT2D eigenvalue weighted by Gasteiger charge is 2.18. The summed E-state index contributed by atoms with van der Waals surface area (Å²) in [4.78, 5) is 0. The fourth-order valence-corrected chi connectivity index (χ4v) is 4.49. The lowest BCUT2D eigenvalue weighted by atomic mass is 10.7. The minimum atomic E-state index is -1.02. The standard InChI is InChI=1S/C8H14S2Si/c1-9-7-5-6-8(10-7)11(2,3)4/h5-6H,1-4H3. The summed E-state index contributed by atoms with van der Waals surface area (Å²) >= 11 is 3.81. The Morgan fingerprint density at radius 1 is 1.27 bits per heavy atom. The van der Waals surface area contributed by atoms with E-state index >= 15 is 0 Å². The SMILES string of the molecule is CSc1ccc([Si](C)(C)C)s1. The van der Waals surface area contributed by atoms with Crippen LogP contribution in [0.1, 0.15) is 0 Å². The maximum absolute atomic E-state index is 2.39. The molecule has 0 fully saturated rings. The van der Waals surface area contributed by atoms with Gasteiger partial charge in [0.15, 0.2) is 0 Å². The van der Waals surface area contributed by atoms with Crippen LogP contribution in [0, 0.1) is 0 Å². The Hall–Kier alpha value is 0.267. The van der Waals surface area contributed by atoms with Gasteiger partial charge >= 0.3 is 0 Å². The lowest BCUT2D eigenvalue weighted by Gasteiger charge is -2.11. The van der Waals surface area contributed by atoms with E-state index < -0.39 is 8.07 Å². The van der Waals surface area contributed by atoms with Crippen LogP contribution in [0.3, 0.4) is 0 Å². The smallest absolute Gasteiger partial charge is 0.0904 e. The Morgan fingerprint density at radius 3 is 2.18 bits per heavy atom. The van der Waals surface area contributed by atoms with Crippen molar-refractivity contribution in [1.29, 1.82) is 0 Å². The van der Waals surface area contributed by atoms with E-state index in [4.69, 9.17) is 0 Å². The van der Waals surface area contributed by atoms with E-state index in [0.29, 0.717) is 0 Å². The van der Waals surface area contributed by atoms with Crippen LogP contribution in [-0.4, -0.2) is 14.3 Å². The molecule has 0 nitrogen and oxygen atoms in total. The van der Waals surface area contributed by atoms with Crippen molar-refractivity contribution >= 4 is 35.7 Å². The fourth-order valence-electron chi connectivity index (χ4n) is 0.833. The number of rotatable bonds is 2. The highest BCUT2D eigenvalue weighted by Crippen LogP contribution is 2.21. The van der Waals surface area contributed by atoms with Gasteiger partial charge in [0.2, 0.25) is 0 Å². The van der Waals surface area contributed by atoms with Gasteiger partial charge in [0.05, 0.1) is 12.3 Å². The molecular weight excluding hydrogens is 188 g/mol. The minimum Gasteiger partial charge on any atom is -0.139 e. The molecule has 0 atom stereocenters. The van der Waals surface area contributed by atoms with E-state index in [9.17, 15) is 0 Å². The number of hydrogen-bond acceptors (Lipinski definition) is 2. The van der Waals surface area contributed by atoms with Crippen molar-refractivity contribution in [2.24, 2.45) is 0 Å². The second-order valence-corrected chi connectivity index (χ2v) is 11.2. The Morgan fingerprint density at radius 2 is 1.91 bits per heavy atom. The molecule has 0 aliphatic carbocycles. The molecule has 0 saturated carbocycles. The van der Waals surface area contributed by atoms with E-state index in [-0.39, 0.29) is 0 Å². The summed E-state index contributed by atoms with van der Waals surface area (Å²) in [6.45, 7) is 7.18. The van der Waals surface area contributed by atoms with Gasteiger partial charge in [-0.2, -0.15) is 0 Å². The summed E-state index contributed by atoms with van der Waals surface area (Å²) in [6, 6.07) is 4.53. The summed E-state index contributed by atoms with van der Waals surface area (Å²) in [7, 11) is -1.02. The monoisotopic (exact) mass is 202 g/mol. The minimum absolute atomic E-state index is 1.02. The molecule has 0 N–H and O–H groups in total. The molecule has 0 aliphatic heterocycles. The van der Waals surface area contributed by atoms with Gasteiger partial charge in [-0.1, -0.05) is 25.7 Å². The van der Waals surface area contributed by atoms with Gasteiger partial charge in [0, 0.05) is 0 Å². The normalized spacial score (nSPS) is 12.0. The van der Waals surface area contributed by atoms with Crippen LogP contribution in [0.5, 0.6) is 0 Å². The highest BCUT2D eigenvalue weighted by atomic mass is 32.2. The van der Waals surface area contributed by atoms with Crippen LogP contribution >= 0.6 is 23.1 Å². The van der Waals surface area contributed by atoms with E-state index in [0.717, 1.165) is 0 Å². The molecule has 1 rings (SSSR count). The molecule has 1 aromatic rings. The Labute approximate surface area is 78.0 Å². The first kappa shape index (κ1) is 9.36. The summed E-state index contributed by atoms with van der Waals surface area (Å²) in [5.74, 6) is 0. The van der Waals surface area contributed by atoms with Crippen LogP contribution in [0.15, 0.2) is 16.3 Å². The van der Waals surface area contributed by atoms with Gasteiger partial charge in [-0.3, -0.25) is 0 Å². The predicted molar refractivity (Wildman–Crippen MR) is 59.1 cm³/mol. The fraction of sp³-hybridized carbons (Fsp3) is 0.500. The third-order valence-electron chi connectivity index (χ3n) is 1.52. The number of thioether (sulfide) groups is 1. The van der Waals surface area contributed by atoms with E-state index in [2.05, 4.69) is 38.0 Å². The molecule has 11 heavy (non-hydrogen) atoms. The quantitative estimate of drug-likeness (QED) is 0.525. The summed E-state index contributed by atoms with van der Waals surface area (Å²) in [5.41, 5.74) is 0. The largest absolute Gasteiger partial charge is 0.139 e. The molecule has 0 amide bonds. The van der Waals surface area contributed by atoms with Crippen molar-refractivity contribution in [2.75, 3.05) is 6.26 Å². The maximum atomic E-state index is 2.39. The van der Waals surface area contributed by atoms with E-state index in [1.807, 2.05) is 23.1 Å². The summed E-state index contributed by atoms with van der Waals surface area (Å²) in [6.07, 6.45) is 2.14. The zero-order valence-electron chi connectivity index (χ0n) is 7.47. The molecular formula is C8H14S2Si. The zero-order chi connectivity index (χ0) is 8.48. The van der Waals surface area contributed by atoms with Crippen molar-refractivity contribution in [2.45, 2.75) is 23.9 Å². The van der Waals surface area contributed by atoms with Crippen molar-refractivity contribution in [1.82, 2.24) is 0 Å². The Balaban J connectivity index is 2.89. The third kappa shape index (κ3) is 2.35. The molecule has 3 heteroatoms. The third-order valence-corrected chi connectivity index (χ3v) is 7.29. The second-order valence-electron chi connectivity index (χ2n) is 3.57. The van der Waals surface area contributed by atoms with Crippen molar-refractivity contribution in [3.8, 4) is 0 Å². The van der Waals surface area contributed by atoms with Gasteiger partial charge in [-0.25, -0.2) is 0 Å². The number of hydrogen-bond donors (Lipinski definition) is 0. The van der Waals surface area contributed by atoms with Gasteiger partial charge in [0.1, 0.15) is 0 Å². The van der Waals surface area contributed by atoms with E-state index in [1.54, 1.807) is 4.50 Å². The molecule has 0 aromatic carbocycles. The molecule has 0 saturated heterocycles. The molecule has 62 valence electrons. The Kier molecular flexibility index (Phi) is 2.83.